The van der Waals surface area contributed by atoms with E-state index in [9.17, 15) is 4.79 Å². The molecule has 2 aromatic carbocycles. The summed E-state index contributed by atoms with van der Waals surface area (Å²) in [5.74, 6) is 0.764. The van der Waals surface area contributed by atoms with Crippen molar-refractivity contribution >= 4 is 40.5 Å². The number of aryl methyl sites for hydroxylation is 1. The third-order valence-corrected chi connectivity index (χ3v) is 3.92. The molecule has 2 rings (SSSR count). The number of carbonyl (C=O) groups excluding carboxylic acids is 1. The Bertz CT molecular complexity index is 751. The smallest absolute Gasteiger partial charge is 0.243 e. The van der Waals surface area contributed by atoms with Crippen molar-refractivity contribution in [2.45, 2.75) is 6.92 Å². The SMILES string of the molecule is COc1cc(NCC(=O)Nc2ccc(C)cc2Cl)c(OC)cc1Cl. The summed E-state index contributed by atoms with van der Waals surface area (Å²) < 4.78 is 10.4. The number of carbonyl (C=O) groups is 1. The number of nitrogens with one attached hydrogen (secondary N) is 2. The topological polar surface area (TPSA) is 59.6 Å². The van der Waals surface area contributed by atoms with Gasteiger partial charge in [-0.25, -0.2) is 0 Å². The third kappa shape index (κ3) is 4.46. The van der Waals surface area contributed by atoms with Crippen LogP contribution in [0.3, 0.4) is 0 Å². The number of halogens is 2. The second-order valence-corrected chi connectivity index (χ2v) is 5.89. The predicted molar refractivity (Wildman–Crippen MR) is 97.9 cm³/mol. The summed E-state index contributed by atoms with van der Waals surface area (Å²) in [6.45, 7) is 1.96. The standard InChI is InChI=1S/C17H18Cl2N2O3/c1-10-4-5-13(11(18)6-10)21-17(22)9-20-14-8-15(23-2)12(19)7-16(14)24-3/h4-8,20H,9H2,1-3H3,(H,21,22). The summed E-state index contributed by atoms with van der Waals surface area (Å²) in [6, 6.07) is 8.73. The van der Waals surface area contributed by atoms with E-state index >= 15 is 0 Å². The van der Waals surface area contributed by atoms with Crippen LogP contribution in [0.1, 0.15) is 5.56 Å². The molecule has 1 amide bonds. The zero-order valence-electron chi connectivity index (χ0n) is 13.6. The first-order valence-electron chi connectivity index (χ1n) is 7.16. The highest BCUT2D eigenvalue weighted by molar-refractivity contribution is 6.33. The van der Waals surface area contributed by atoms with Crippen molar-refractivity contribution in [1.82, 2.24) is 0 Å². The molecule has 0 radical (unpaired) electrons. The Kier molecular flexibility index (Phi) is 6.17. The van der Waals surface area contributed by atoms with Crippen molar-refractivity contribution in [3.8, 4) is 11.5 Å². The molecule has 7 heteroatoms. The molecule has 0 unspecified atom stereocenters. The van der Waals surface area contributed by atoms with Gasteiger partial charge in [0, 0.05) is 12.1 Å². The number of rotatable bonds is 6. The average Bonchev–Trinajstić information content (AvgIpc) is 2.55. The van der Waals surface area contributed by atoms with Crippen molar-refractivity contribution in [3.05, 3.63) is 45.9 Å². The second-order valence-electron chi connectivity index (χ2n) is 5.07. The third-order valence-electron chi connectivity index (χ3n) is 3.31. The summed E-state index contributed by atoms with van der Waals surface area (Å²) in [7, 11) is 3.04. The van der Waals surface area contributed by atoms with Gasteiger partial charge in [-0.05, 0) is 24.6 Å². The monoisotopic (exact) mass is 368 g/mol. The number of anilines is 2. The van der Waals surface area contributed by atoms with Crippen LogP contribution in [0.2, 0.25) is 10.0 Å². The van der Waals surface area contributed by atoms with Crippen LogP contribution in [0.15, 0.2) is 30.3 Å². The van der Waals surface area contributed by atoms with Crippen LogP contribution >= 0.6 is 23.2 Å². The summed E-state index contributed by atoms with van der Waals surface area (Å²) in [5.41, 5.74) is 2.19. The molecule has 0 atom stereocenters. The first-order chi connectivity index (χ1) is 11.4. The van der Waals surface area contributed by atoms with Gasteiger partial charge in [0.25, 0.3) is 0 Å². The van der Waals surface area contributed by atoms with Crippen molar-refractivity contribution in [3.63, 3.8) is 0 Å². The number of hydrogen-bond donors (Lipinski definition) is 2. The summed E-state index contributed by atoms with van der Waals surface area (Å²) in [5, 5.41) is 6.67. The van der Waals surface area contributed by atoms with Crippen LogP contribution in [0.25, 0.3) is 0 Å². The van der Waals surface area contributed by atoms with Crippen molar-refractivity contribution in [1.29, 1.82) is 0 Å². The van der Waals surface area contributed by atoms with Crippen molar-refractivity contribution in [2.24, 2.45) is 0 Å². The molecule has 24 heavy (non-hydrogen) atoms. The second kappa shape index (κ2) is 8.13. The van der Waals surface area contributed by atoms with Gasteiger partial charge in [-0.15, -0.1) is 0 Å². The van der Waals surface area contributed by atoms with E-state index in [1.807, 2.05) is 13.0 Å². The Morgan fingerprint density at radius 1 is 1.00 bits per heavy atom. The molecule has 0 fully saturated rings. The van der Waals surface area contributed by atoms with E-state index < -0.39 is 0 Å². The summed E-state index contributed by atoms with van der Waals surface area (Å²) in [6.07, 6.45) is 0. The normalized spacial score (nSPS) is 10.2. The highest BCUT2D eigenvalue weighted by Gasteiger charge is 2.12. The quantitative estimate of drug-likeness (QED) is 0.794. The molecule has 2 aromatic rings. The van der Waals surface area contributed by atoms with Gasteiger partial charge in [0.2, 0.25) is 5.91 Å². The van der Waals surface area contributed by atoms with Gasteiger partial charge in [-0.1, -0.05) is 29.3 Å². The molecule has 0 aliphatic rings. The lowest BCUT2D eigenvalue weighted by Gasteiger charge is -2.14. The van der Waals surface area contributed by atoms with E-state index in [-0.39, 0.29) is 12.5 Å². The van der Waals surface area contributed by atoms with Gasteiger partial charge in [0.05, 0.1) is 42.2 Å². The highest BCUT2D eigenvalue weighted by atomic mass is 35.5. The summed E-state index contributed by atoms with van der Waals surface area (Å²) in [4.78, 5) is 12.1. The fourth-order valence-electron chi connectivity index (χ4n) is 2.09. The number of amides is 1. The van der Waals surface area contributed by atoms with E-state index in [0.717, 1.165) is 5.56 Å². The summed E-state index contributed by atoms with van der Waals surface area (Å²) >= 11 is 12.2. The van der Waals surface area contributed by atoms with Gasteiger partial charge in [-0.3, -0.25) is 4.79 Å². The molecule has 128 valence electrons. The Labute approximate surface area is 150 Å². The molecule has 0 aliphatic heterocycles. The van der Waals surface area contributed by atoms with Crippen LogP contribution in [0.4, 0.5) is 11.4 Å². The molecule has 0 heterocycles. The highest BCUT2D eigenvalue weighted by Crippen LogP contribution is 2.35. The van der Waals surface area contributed by atoms with Crippen LogP contribution in [0, 0.1) is 6.92 Å². The van der Waals surface area contributed by atoms with Gasteiger partial charge in [0.1, 0.15) is 11.5 Å². The molecular weight excluding hydrogens is 351 g/mol. The maximum absolute atomic E-state index is 12.1. The minimum absolute atomic E-state index is 0.0331. The Hall–Kier alpha value is -2.11. The maximum atomic E-state index is 12.1. The molecule has 0 saturated carbocycles. The van der Waals surface area contributed by atoms with E-state index in [0.29, 0.717) is 32.9 Å². The molecular formula is C17H18Cl2N2O3. The molecule has 0 aliphatic carbocycles. The lowest BCUT2D eigenvalue weighted by atomic mass is 10.2. The number of hydrogen-bond acceptors (Lipinski definition) is 4. The Balaban J connectivity index is 2.06. The average molecular weight is 369 g/mol. The van der Waals surface area contributed by atoms with E-state index in [2.05, 4.69) is 10.6 Å². The van der Waals surface area contributed by atoms with E-state index in [1.54, 1.807) is 24.3 Å². The van der Waals surface area contributed by atoms with Crippen LogP contribution in [-0.4, -0.2) is 26.7 Å². The van der Waals surface area contributed by atoms with Gasteiger partial charge < -0.3 is 20.1 Å². The first-order valence-corrected chi connectivity index (χ1v) is 7.91. The maximum Gasteiger partial charge on any atom is 0.243 e. The fourth-order valence-corrected chi connectivity index (χ4v) is 2.60. The van der Waals surface area contributed by atoms with Gasteiger partial charge in [-0.2, -0.15) is 0 Å². The van der Waals surface area contributed by atoms with Gasteiger partial charge in [0.15, 0.2) is 0 Å². The molecule has 0 aromatic heterocycles. The largest absolute Gasteiger partial charge is 0.495 e. The van der Waals surface area contributed by atoms with Crippen LogP contribution < -0.4 is 20.1 Å². The van der Waals surface area contributed by atoms with E-state index in [1.165, 1.54) is 14.2 Å². The first kappa shape index (κ1) is 18.2. The zero-order valence-corrected chi connectivity index (χ0v) is 15.1. The Morgan fingerprint density at radius 3 is 2.33 bits per heavy atom. The molecule has 0 bridgehead atoms. The van der Waals surface area contributed by atoms with E-state index in [4.69, 9.17) is 32.7 Å². The molecule has 0 saturated heterocycles. The van der Waals surface area contributed by atoms with Crippen LogP contribution in [-0.2, 0) is 4.79 Å². The van der Waals surface area contributed by atoms with Gasteiger partial charge >= 0.3 is 0 Å². The zero-order chi connectivity index (χ0) is 17.7. The minimum atomic E-state index is -0.239. The molecule has 5 nitrogen and oxygen atoms in total. The Morgan fingerprint density at radius 2 is 1.71 bits per heavy atom. The van der Waals surface area contributed by atoms with Crippen molar-refractivity contribution < 1.29 is 14.3 Å². The lowest BCUT2D eigenvalue weighted by molar-refractivity contribution is -0.114. The number of benzene rings is 2. The molecule has 2 N–H and O–H groups in total. The number of methoxy groups -OCH3 is 2. The minimum Gasteiger partial charge on any atom is -0.495 e. The predicted octanol–water partition coefficient (Wildman–Crippen LogP) is 4.37. The molecule has 0 spiro atoms. The van der Waals surface area contributed by atoms with Crippen LogP contribution in [0.5, 0.6) is 11.5 Å². The lowest BCUT2D eigenvalue weighted by Crippen LogP contribution is -2.22. The number of ether oxygens (including phenoxy) is 2. The van der Waals surface area contributed by atoms with Crippen molar-refractivity contribution in [2.75, 3.05) is 31.4 Å². The fraction of sp³-hybridized carbons (Fsp3) is 0.235.